The molecule has 0 fully saturated rings. The number of carbonyl (C=O) groups excluding carboxylic acids is 1. The number of hydrogen-bond acceptors (Lipinski definition) is 3. The van der Waals surface area contributed by atoms with Crippen LogP contribution >= 0.6 is 11.6 Å². The first-order chi connectivity index (χ1) is 22.2. The summed E-state index contributed by atoms with van der Waals surface area (Å²) < 4.78 is 0. The quantitative estimate of drug-likeness (QED) is 0.135. The van der Waals surface area contributed by atoms with Crippen LogP contribution in [-0.2, 0) is 20.9 Å². The van der Waals surface area contributed by atoms with E-state index in [1.165, 1.54) is 0 Å². The molecule has 0 aromatic heterocycles. The summed E-state index contributed by atoms with van der Waals surface area (Å²) in [7, 11) is 0. The Morgan fingerprint density at radius 3 is 2.00 bits per heavy atom. The topological polar surface area (TPSA) is 94.9 Å². The number of amides is 1. The number of allylic oxidation sites excluding steroid dienone is 1. The fourth-order valence-electron chi connectivity index (χ4n) is 5.98. The minimum atomic E-state index is -1.34. The van der Waals surface area contributed by atoms with Crippen molar-refractivity contribution >= 4 is 57.1 Å². The first-order valence-electron chi connectivity index (χ1n) is 15.3. The van der Waals surface area contributed by atoms with E-state index in [4.69, 9.17) is 11.6 Å². The molecule has 234 valence electrons. The van der Waals surface area contributed by atoms with E-state index in [-0.39, 0.29) is 18.5 Å². The van der Waals surface area contributed by atoms with Crippen molar-refractivity contribution in [2.75, 3.05) is 0 Å². The smallest absolute Gasteiger partial charge is 0.307 e. The number of carbonyl (C=O) groups is 3. The lowest BCUT2D eigenvalue weighted by molar-refractivity contribution is -0.151. The number of rotatable bonds is 13. The molecule has 5 aromatic rings. The summed E-state index contributed by atoms with van der Waals surface area (Å²) in [6, 6.07) is 35.6. The summed E-state index contributed by atoms with van der Waals surface area (Å²) in [4.78, 5) is 39.1. The van der Waals surface area contributed by atoms with E-state index >= 15 is 0 Å². The summed E-state index contributed by atoms with van der Waals surface area (Å²) in [5.41, 5.74) is 2.94. The lowest BCUT2D eigenvalue weighted by Gasteiger charge is -2.36. The number of carboxylic acid groups (broad SMARTS) is 2. The van der Waals surface area contributed by atoms with Crippen molar-refractivity contribution < 1.29 is 24.6 Å². The molecule has 0 aliphatic rings. The van der Waals surface area contributed by atoms with Gasteiger partial charge >= 0.3 is 11.9 Å². The van der Waals surface area contributed by atoms with Gasteiger partial charge in [0.25, 0.3) is 0 Å². The first-order valence-corrected chi connectivity index (χ1v) is 15.7. The fraction of sp³-hybridized carbons (Fsp3) is 0.205. The Kier molecular flexibility index (Phi) is 10.5. The van der Waals surface area contributed by atoms with Crippen LogP contribution in [0.3, 0.4) is 0 Å². The molecule has 0 spiro atoms. The molecule has 0 bridgehead atoms. The Balaban J connectivity index is 1.48. The van der Waals surface area contributed by atoms with Gasteiger partial charge in [0, 0.05) is 29.9 Å². The number of halogens is 1. The zero-order valence-corrected chi connectivity index (χ0v) is 26.3. The van der Waals surface area contributed by atoms with Crippen molar-refractivity contribution in [2.24, 2.45) is 5.92 Å². The molecular weight excluding hydrogens is 598 g/mol. The van der Waals surface area contributed by atoms with Crippen molar-refractivity contribution in [3.63, 3.8) is 0 Å². The summed E-state index contributed by atoms with van der Waals surface area (Å²) in [6.45, 7) is 2.21. The van der Waals surface area contributed by atoms with Crippen LogP contribution in [-0.4, -0.2) is 39.0 Å². The maximum Gasteiger partial charge on any atom is 0.307 e. The van der Waals surface area contributed by atoms with E-state index in [0.29, 0.717) is 11.4 Å². The highest BCUT2D eigenvalue weighted by Gasteiger charge is 2.32. The third kappa shape index (κ3) is 8.20. The highest BCUT2D eigenvalue weighted by molar-refractivity contribution is 6.30. The Hall–Kier alpha value is -4.94. The van der Waals surface area contributed by atoms with Gasteiger partial charge in [0.1, 0.15) is 0 Å². The number of carboxylic acids is 2. The monoisotopic (exact) mass is 633 g/mol. The molecule has 0 unspecified atom stereocenters. The fourth-order valence-corrected chi connectivity index (χ4v) is 6.11. The molecule has 0 aliphatic carbocycles. The second kappa shape index (κ2) is 14.9. The predicted octanol–water partition coefficient (Wildman–Crippen LogP) is 8.82. The van der Waals surface area contributed by atoms with Crippen molar-refractivity contribution in [2.45, 2.75) is 44.7 Å². The van der Waals surface area contributed by atoms with Crippen LogP contribution in [0.2, 0.25) is 5.02 Å². The maximum absolute atomic E-state index is 14.0. The second-order valence-electron chi connectivity index (χ2n) is 11.7. The zero-order chi connectivity index (χ0) is 32.6. The average molecular weight is 634 g/mol. The van der Waals surface area contributed by atoms with Gasteiger partial charge in [0.15, 0.2) is 0 Å². The summed E-state index contributed by atoms with van der Waals surface area (Å²) in [6.07, 6.45) is 3.72. The molecule has 6 nitrogen and oxygen atoms in total. The summed E-state index contributed by atoms with van der Waals surface area (Å²) in [5.74, 6) is -4.47. The molecule has 1 amide bonds. The number of aliphatic carboxylic acids is 2. The molecule has 5 rings (SSSR count). The van der Waals surface area contributed by atoms with Gasteiger partial charge in [-0.15, -0.1) is 0 Å². The number of hydrogen-bond donors (Lipinski definition) is 2. The number of benzene rings is 5. The lowest BCUT2D eigenvalue weighted by Crippen LogP contribution is -2.43. The normalized spacial score (nSPS) is 13.4. The van der Waals surface area contributed by atoms with Gasteiger partial charge in [-0.2, -0.15) is 0 Å². The minimum absolute atomic E-state index is 0.166. The first kappa shape index (κ1) is 32.5. The molecule has 2 N–H and O–H groups in total. The Morgan fingerprint density at radius 2 is 1.37 bits per heavy atom. The van der Waals surface area contributed by atoms with Crippen molar-refractivity contribution in [1.82, 2.24) is 4.90 Å². The van der Waals surface area contributed by atoms with Gasteiger partial charge in [-0.3, -0.25) is 14.4 Å². The number of nitrogens with zero attached hydrogens (tertiary/aromatic N) is 1. The largest absolute Gasteiger partial charge is 0.481 e. The predicted molar refractivity (Wildman–Crippen MR) is 184 cm³/mol. The molecule has 0 radical (unpaired) electrons. The van der Waals surface area contributed by atoms with E-state index in [1.54, 1.807) is 4.90 Å². The highest BCUT2D eigenvalue weighted by atomic mass is 35.5. The van der Waals surface area contributed by atoms with Gasteiger partial charge in [0.05, 0.1) is 12.3 Å². The third-order valence-electron chi connectivity index (χ3n) is 8.52. The molecule has 0 heterocycles. The van der Waals surface area contributed by atoms with Crippen LogP contribution in [0.1, 0.15) is 48.8 Å². The van der Waals surface area contributed by atoms with Crippen LogP contribution in [0.15, 0.2) is 115 Å². The maximum atomic E-state index is 14.0. The van der Waals surface area contributed by atoms with Crippen LogP contribution < -0.4 is 0 Å². The SMILES string of the molecule is C[C@@H]([C@@H](C/C=C/c1ccc2ccccc2c1)c1ccc(Cl)cc1)N(Cc1ccc2ccccc2c1)C(=O)C[C@@H](CC(=O)O)C(=O)O. The average Bonchev–Trinajstić information content (AvgIpc) is 3.05. The molecule has 0 saturated carbocycles. The van der Waals surface area contributed by atoms with E-state index in [0.717, 1.165) is 38.2 Å². The van der Waals surface area contributed by atoms with E-state index in [1.807, 2.05) is 85.8 Å². The van der Waals surface area contributed by atoms with E-state index in [2.05, 4.69) is 42.5 Å². The molecule has 0 aliphatic heterocycles. The minimum Gasteiger partial charge on any atom is -0.481 e. The highest BCUT2D eigenvalue weighted by Crippen LogP contribution is 2.32. The van der Waals surface area contributed by atoms with Crippen molar-refractivity contribution in [1.29, 1.82) is 0 Å². The van der Waals surface area contributed by atoms with Gasteiger partial charge in [-0.1, -0.05) is 109 Å². The third-order valence-corrected chi connectivity index (χ3v) is 8.78. The standard InChI is InChI=1S/C39H36ClNO5/c1-26(36(31-17-19-35(40)20-18-31)12-6-7-27-13-15-29-8-2-4-10-32(29)21-27)41(37(42)23-34(39(45)46)24-38(43)44)25-28-14-16-30-9-3-5-11-33(30)22-28/h2-11,13-22,26,34,36H,12,23-25H2,1H3,(H,43,44)(H,45,46)/b7-6+/t26-,34-,36+/m0/s1. The molecule has 0 saturated heterocycles. The molecule has 46 heavy (non-hydrogen) atoms. The van der Waals surface area contributed by atoms with Crippen molar-refractivity contribution in [3.05, 3.63) is 137 Å². The molecular formula is C39H36ClNO5. The second-order valence-corrected chi connectivity index (χ2v) is 12.1. The zero-order valence-electron chi connectivity index (χ0n) is 25.6. The number of fused-ring (bicyclic) bond motifs is 2. The van der Waals surface area contributed by atoms with Crippen LogP contribution in [0.5, 0.6) is 0 Å². The molecule has 5 aromatic carbocycles. The van der Waals surface area contributed by atoms with E-state index in [9.17, 15) is 24.6 Å². The van der Waals surface area contributed by atoms with Crippen LogP contribution in [0.25, 0.3) is 27.6 Å². The Morgan fingerprint density at radius 1 is 0.761 bits per heavy atom. The van der Waals surface area contributed by atoms with E-state index < -0.39 is 36.6 Å². The molecule has 3 atom stereocenters. The molecule has 7 heteroatoms. The van der Waals surface area contributed by atoms with Gasteiger partial charge in [-0.25, -0.2) is 0 Å². The van der Waals surface area contributed by atoms with Crippen molar-refractivity contribution in [3.8, 4) is 0 Å². The van der Waals surface area contributed by atoms with Gasteiger partial charge < -0.3 is 15.1 Å². The Bertz CT molecular complexity index is 1880. The summed E-state index contributed by atoms with van der Waals surface area (Å²) >= 11 is 6.24. The van der Waals surface area contributed by atoms with Crippen LogP contribution in [0, 0.1) is 5.92 Å². The van der Waals surface area contributed by atoms with Gasteiger partial charge in [0.2, 0.25) is 5.91 Å². The Labute approximate surface area is 273 Å². The van der Waals surface area contributed by atoms with Crippen LogP contribution in [0.4, 0.5) is 0 Å². The van der Waals surface area contributed by atoms with Gasteiger partial charge in [-0.05, 0) is 75.8 Å². The lowest BCUT2D eigenvalue weighted by atomic mass is 9.87. The summed E-state index contributed by atoms with van der Waals surface area (Å²) in [5, 5.41) is 24.1.